The molecule has 1 aromatic rings. The van der Waals surface area contributed by atoms with Crippen LogP contribution in [0.25, 0.3) is 0 Å². The highest BCUT2D eigenvalue weighted by atomic mass is 79.9. The lowest BCUT2D eigenvalue weighted by Gasteiger charge is -2.17. The van der Waals surface area contributed by atoms with Crippen molar-refractivity contribution in [2.45, 2.75) is 18.9 Å². The Labute approximate surface area is 105 Å². The summed E-state index contributed by atoms with van der Waals surface area (Å²) in [5, 5.41) is 4.06. The molecule has 0 aromatic heterocycles. The molecule has 15 heavy (non-hydrogen) atoms. The SMILES string of the molecule is C=CCCC(NC)c1cc(Cl)ccc1Br. The predicted octanol–water partition coefficient (Wildman–Crippen LogP) is 4.33. The third-order valence-electron chi connectivity index (χ3n) is 2.34. The number of benzene rings is 1. The van der Waals surface area contributed by atoms with Crippen LogP contribution in [0.2, 0.25) is 5.02 Å². The van der Waals surface area contributed by atoms with Gasteiger partial charge in [0.1, 0.15) is 0 Å². The molecule has 0 fully saturated rings. The summed E-state index contributed by atoms with van der Waals surface area (Å²) in [5.41, 5.74) is 1.20. The van der Waals surface area contributed by atoms with Gasteiger partial charge in [-0.25, -0.2) is 0 Å². The molecular formula is C12H15BrClN. The van der Waals surface area contributed by atoms with E-state index in [4.69, 9.17) is 11.6 Å². The first-order chi connectivity index (χ1) is 7.19. The maximum atomic E-state index is 5.98. The molecule has 0 saturated carbocycles. The molecular weight excluding hydrogens is 273 g/mol. The van der Waals surface area contributed by atoms with Crippen molar-refractivity contribution in [3.8, 4) is 0 Å². The molecule has 1 rings (SSSR count). The Morgan fingerprint density at radius 2 is 2.33 bits per heavy atom. The van der Waals surface area contributed by atoms with Crippen LogP contribution in [0.15, 0.2) is 35.3 Å². The number of hydrogen-bond acceptors (Lipinski definition) is 1. The molecule has 0 aliphatic heterocycles. The molecule has 0 amide bonds. The molecule has 0 spiro atoms. The lowest BCUT2D eigenvalue weighted by molar-refractivity contribution is 0.553. The third-order valence-corrected chi connectivity index (χ3v) is 3.30. The van der Waals surface area contributed by atoms with Crippen LogP contribution < -0.4 is 5.32 Å². The lowest BCUT2D eigenvalue weighted by Crippen LogP contribution is -2.16. The van der Waals surface area contributed by atoms with Gasteiger partial charge in [-0.3, -0.25) is 0 Å². The smallest absolute Gasteiger partial charge is 0.0410 e. The van der Waals surface area contributed by atoms with Gasteiger partial charge < -0.3 is 5.32 Å². The minimum absolute atomic E-state index is 0.316. The van der Waals surface area contributed by atoms with E-state index >= 15 is 0 Å². The van der Waals surface area contributed by atoms with Crippen molar-refractivity contribution in [2.75, 3.05) is 7.05 Å². The van der Waals surface area contributed by atoms with Gasteiger partial charge in [-0.1, -0.05) is 33.6 Å². The number of allylic oxidation sites excluding steroid dienone is 1. The molecule has 0 heterocycles. The number of rotatable bonds is 5. The second-order valence-corrected chi connectivity index (χ2v) is 4.66. The van der Waals surface area contributed by atoms with Gasteiger partial charge in [0, 0.05) is 15.5 Å². The van der Waals surface area contributed by atoms with Crippen molar-refractivity contribution < 1.29 is 0 Å². The van der Waals surface area contributed by atoms with Crippen LogP contribution in [-0.2, 0) is 0 Å². The third kappa shape index (κ3) is 3.63. The van der Waals surface area contributed by atoms with Gasteiger partial charge >= 0.3 is 0 Å². The van der Waals surface area contributed by atoms with Gasteiger partial charge in [0.15, 0.2) is 0 Å². The second-order valence-electron chi connectivity index (χ2n) is 3.37. The minimum atomic E-state index is 0.316. The fraction of sp³-hybridized carbons (Fsp3) is 0.333. The molecule has 0 bridgehead atoms. The van der Waals surface area contributed by atoms with Gasteiger partial charge in [-0.2, -0.15) is 0 Å². The first kappa shape index (κ1) is 12.8. The molecule has 1 unspecified atom stereocenters. The zero-order valence-electron chi connectivity index (χ0n) is 8.76. The van der Waals surface area contributed by atoms with Crippen molar-refractivity contribution in [3.05, 3.63) is 45.9 Å². The summed E-state index contributed by atoms with van der Waals surface area (Å²) in [7, 11) is 1.96. The van der Waals surface area contributed by atoms with Crippen molar-refractivity contribution in [2.24, 2.45) is 0 Å². The predicted molar refractivity (Wildman–Crippen MR) is 70.4 cm³/mol. The molecule has 0 aliphatic rings. The van der Waals surface area contributed by atoms with Crippen LogP contribution in [0.4, 0.5) is 0 Å². The van der Waals surface area contributed by atoms with Crippen LogP contribution in [0.5, 0.6) is 0 Å². The van der Waals surface area contributed by atoms with E-state index in [1.807, 2.05) is 31.3 Å². The fourth-order valence-electron chi connectivity index (χ4n) is 1.52. The Morgan fingerprint density at radius 3 is 2.93 bits per heavy atom. The second kappa shape index (κ2) is 6.31. The van der Waals surface area contributed by atoms with E-state index in [9.17, 15) is 0 Å². The summed E-state index contributed by atoms with van der Waals surface area (Å²) in [6.07, 6.45) is 3.95. The molecule has 0 radical (unpaired) electrons. The number of nitrogens with one attached hydrogen (secondary N) is 1. The normalized spacial score (nSPS) is 12.5. The van der Waals surface area contributed by atoms with Crippen LogP contribution in [-0.4, -0.2) is 7.05 Å². The van der Waals surface area contributed by atoms with E-state index in [1.54, 1.807) is 0 Å². The van der Waals surface area contributed by atoms with Crippen LogP contribution in [0.3, 0.4) is 0 Å². The molecule has 1 N–H and O–H groups in total. The molecule has 82 valence electrons. The number of halogens is 2. The Bertz CT molecular complexity index is 338. The average Bonchev–Trinajstić information content (AvgIpc) is 2.24. The summed E-state index contributed by atoms with van der Waals surface area (Å²) >= 11 is 9.52. The van der Waals surface area contributed by atoms with E-state index in [0.717, 1.165) is 22.3 Å². The highest BCUT2D eigenvalue weighted by Crippen LogP contribution is 2.29. The van der Waals surface area contributed by atoms with E-state index in [-0.39, 0.29) is 0 Å². The van der Waals surface area contributed by atoms with Crippen molar-refractivity contribution in [1.29, 1.82) is 0 Å². The summed E-state index contributed by atoms with van der Waals surface area (Å²) in [6.45, 7) is 3.74. The fourth-order valence-corrected chi connectivity index (χ4v) is 2.23. The van der Waals surface area contributed by atoms with Crippen molar-refractivity contribution in [1.82, 2.24) is 5.32 Å². The minimum Gasteiger partial charge on any atom is -0.313 e. The van der Waals surface area contributed by atoms with E-state index < -0.39 is 0 Å². The van der Waals surface area contributed by atoms with Crippen molar-refractivity contribution in [3.63, 3.8) is 0 Å². The van der Waals surface area contributed by atoms with Gasteiger partial charge in [0.2, 0.25) is 0 Å². The zero-order chi connectivity index (χ0) is 11.3. The maximum absolute atomic E-state index is 5.98. The monoisotopic (exact) mass is 287 g/mol. The van der Waals surface area contributed by atoms with Crippen LogP contribution in [0.1, 0.15) is 24.4 Å². The van der Waals surface area contributed by atoms with E-state index in [1.165, 1.54) is 5.56 Å². The summed E-state index contributed by atoms with van der Waals surface area (Å²) in [5.74, 6) is 0. The first-order valence-electron chi connectivity index (χ1n) is 4.92. The Balaban J connectivity index is 2.89. The molecule has 1 nitrogen and oxygen atoms in total. The van der Waals surface area contributed by atoms with Gasteiger partial charge in [-0.05, 0) is 43.7 Å². The first-order valence-corrected chi connectivity index (χ1v) is 6.09. The van der Waals surface area contributed by atoms with Crippen LogP contribution >= 0.6 is 27.5 Å². The topological polar surface area (TPSA) is 12.0 Å². The van der Waals surface area contributed by atoms with Gasteiger partial charge in [0.05, 0.1) is 0 Å². The molecule has 1 atom stereocenters. The van der Waals surface area contributed by atoms with Gasteiger partial charge in [0.25, 0.3) is 0 Å². The molecule has 0 saturated heterocycles. The maximum Gasteiger partial charge on any atom is 0.0410 e. The summed E-state index contributed by atoms with van der Waals surface area (Å²) in [6, 6.07) is 6.18. The number of hydrogen-bond donors (Lipinski definition) is 1. The van der Waals surface area contributed by atoms with E-state index in [2.05, 4.69) is 27.8 Å². The zero-order valence-corrected chi connectivity index (χ0v) is 11.1. The standard InChI is InChI=1S/C12H15BrClN/c1-3-4-5-12(15-2)10-8-9(14)6-7-11(10)13/h3,6-8,12,15H,1,4-5H2,2H3. The van der Waals surface area contributed by atoms with Crippen molar-refractivity contribution >= 4 is 27.5 Å². The lowest BCUT2D eigenvalue weighted by atomic mass is 10.0. The van der Waals surface area contributed by atoms with Gasteiger partial charge in [-0.15, -0.1) is 6.58 Å². The highest BCUT2D eigenvalue weighted by molar-refractivity contribution is 9.10. The summed E-state index contributed by atoms with van der Waals surface area (Å²) < 4.78 is 1.09. The Morgan fingerprint density at radius 1 is 1.60 bits per heavy atom. The van der Waals surface area contributed by atoms with Crippen LogP contribution in [0, 0.1) is 0 Å². The highest BCUT2D eigenvalue weighted by Gasteiger charge is 2.11. The summed E-state index contributed by atoms with van der Waals surface area (Å²) in [4.78, 5) is 0. The average molecular weight is 289 g/mol. The Hall–Kier alpha value is -0.310. The molecule has 1 aromatic carbocycles. The quantitative estimate of drug-likeness (QED) is 0.795. The molecule has 0 aliphatic carbocycles. The largest absolute Gasteiger partial charge is 0.313 e. The van der Waals surface area contributed by atoms with E-state index in [0.29, 0.717) is 6.04 Å². The Kier molecular flexibility index (Phi) is 5.37. The molecule has 3 heteroatoms.